The van der Waals surface area contributed by atoms with Gasteiger partial charge in [-0.1, -0.05) is 25.1 Å². The highest BCUT2D eigenvalue weighted by atomic mass is 127. The van der Waals surface area contributed by atoms with Crippen LogP contribution in [0.15, 0.2) is 29.3 Å². The third-order valence-corrected chi connectivity index (χ3v) is 4.10. The molecule has 0 amide bonds. The second kappa shape index (κ2) is 12.3. The van der Waals surface area contributed by atoms with Gasteiger partial charge < -0.3 is 15.4 Å². The molecule has 2 N–H and O–H groups in total. The van der Waals surface area contributed by atoms with Gasteiger partial charge in [0.2, 0.25) is 0 Å². The van der Waals surface area contributed by atoms with Crippen LogP contribution in [-0.2, 0) is 6.54 Å². The predicted octanol–water partition coefficient (Wildman–Crippen LogP) is 3.45. The number of nitrogens with zero attached hydrogens (tertiary/aromatic N) is 2. The molecule has 0 radical (unpaired) electrons. The van der Waals surface area contributed by atoms with Gasteiger partial charge in [-0.3, -0.25) is 4.90 Å². The fourth-order valence-corrected chi connectivity index (χ4v) is 2.71. The molecule has 0 unspecified atom stereocenters. The van der Waals surface area contributed by atoms with Gasteiger partial charge in [-0.15, -0.1) is 24.0 Å². The van der Waals surface area contributed by atoms with Crippen LogP contribution in [0.5, 0.6) is 5.75 Å². The molecule has 1 aromatic carbocycles. The Balaban J connectivity index is 0.00000338. The molecule has 0 spiro atoms. The molecule has 148 valence electrons. The summed E-state index contributed by atoms with van der Waals surface area (Å²) >= 11 is 0. The van der Waals surface area contributed by atoms with Crippen molar-refractivity contribution in [3.63, 3.8) is 0 Å². The number of ether oxygens (including phenoxy) is 1. The third-order valence-electron chi connectivity index (χ3n) is 4.10. The molecule has 26 heavy (non-hydrogen) atoms. The number of para-hydroxylation sites is 1. The van der Waals surface area contributed by atoms with Crippen molar-refractivity contribution >= 4 is 29.9 Å². The van der Waals surface area contributed by atoms with Crippen LogP contribution in [0.3, 0.4) is 0 Å². The van der Waals surface area contributed by atoms with E-state index in [9.17, 15) is 8.78 Å². The summed E-state index contributed by atoms with van der Waals surface area (Å²) in [5, 5.41) is 6.49. The summed E-state index contributed by atoms with van der Waals surface area (Å²) in [4.78, 5) is 6.95. The lowest BCUT2D eigenvalue weighted by Crippen LogP contribution is -2.42. The van der Waals surface area contributed by atoms with Crippen molar-refractivity contribution in [2.24, 2.45) is 4.99 Å². The van der Waals surface area contributed by atoms with Crippen LogP contribution in [0.25, 0.3) is 0 Å². The Hall–Kier alpha value is -1.16. The summed E-state index contributed by atoms with van der Waals surface area (Å²) in [5.41, 5.74) is 0.633. The van der Waals surface area contributed by atoms with E-state index >= 15 is 0 Å². The number of alkyl halides is 2. The number of nitrogens with one attached hydrogen (secondary N) is 2. The van der Waals surface area contributed by atoms with Crippen molar-refractivity contribution < 1.29 is 13.5 Å². The van der Waals surface area contributed by atoms with Gasteiger partial charge >= 0.3 is 6.61 Å². The van der Waals surface area contributed by atoms with Crippen LogP contribution in [0.2, 0.25) is 0 Å². The van der Waals surface area contributed by atoms with Gasteiger partial charge in [0.1, 0.15) is 5.75 Å². The van der Waals surface area contributed by atoms with Crippen molar-refractivity contribution in [1.82, 2.24) is 15.5 Å². The van der Waals surface area contributed by atoms with E-state index in [1.807, 2.05) is 6.92 Å². The lowest BCUT2D eigenvalue weighted by molar-refractivity contribution is -0.0504. The quantitative estimate of drug-likeness (QED) is 0.305. The van der Waals surface area contributed by atoms with Crippen LogP contribution in [0.1, 0.15) is 32.3 Å². The highest BCUT2D eigenvalue weighted by molar-refractivity contribution is 14.0. The number of likely N-dealkylation sites (N-methyl/N-ethyl adjacent to an activating group) is 1. The molecular weight excluding hydrogens is 453 g/mol. The Morgan fingerprint density at radius 1 is 1.27 bits per heavy atom. The van der Waals surface area contributed by atoms with E-state index in [2.05, 4.69) is 32.2 Å². The first-order valence-corrected chi connectivity index (χ1v) is 8.93. The van der Waals surface area contributed by atoms with E-state index in [-0.39, 0.29) is 36.3 Å². The third kappa shape index (κ3) is 8.03. The average Bonchev–Trinajstić information content (AvgIpc) is 3.42. The number of guanidine groups is 1. The SMILES string of the molecule is CCNC(=NCc1ccccc1OC(F)F)NCCN(CC)C1CC1.I. The molecule has 5 nitrogen and oxygen atoms in total. The van der Waals surface area contributed by atoms with Gasteiger partial charge in [0.25, 0.3) is 0 Å². The maximum absolute atomic E-state index is 12.5. The van der Waals surface area contributed by atoms with Crippen molar-refractivity contribution in [3.8, 4) is 5.75 Å². The van der Waals surface area contributed by atoms with Crippen molar-refractivity contribution in [2.75, 3.05) is 26.2 Å². The Bertz CT molecular complexity index is 556. The molecule has 1 aliphatic rings. The first kappa shape index (κ1) is 22.9. The number of halogens is 3. The molecule has 0 aromatic heterocycles. The Morgan fingerprint density at radius 3 is 2.62 bits per heavy atom. The first-order valence-electron chi connectivity index (χ1n) is 8.93. The van der Waals surface area contributed by atoms with Crippen LogP contribution < -0.4 is 15.4 Å². The molecule has 0 aliphatic heterocycles. The average molecular weight is 482 g/mol. The zero-order chi connectivity index (χ0) is 18.1. The Kier molecular flexibility index (Phi) is 10.8. The van der Waals surface area contributed by atoms with Crippen molar-refractivity contribution in [1.29, 1.82) is 0 Å². The summed E-state index contributed by atoms with van der Waals surface area (Å²) in [7, 11) is 0. The van der Waals surface area contributed by atoms with E-state index in [1.54, 1.807) is 18.2 Å². The molecule has 0 saturated heterocycles. The van der Waals surface area contributed by atoms with E-state index in [4.69, 9.17) is 0 Å². The number of aliphatic imine (C=N–C) groups is 1. The fourth-order valence-electron chi connectivity index (χ4n) is 2.71. The van der Waals surface area contributed by atoms with Crippen molar-refractivity contribution in [2.45, 2.75) is 45.9 Å². The van der Waals surface area contributed by atoms with E-state index in [0.717, 1.165) is 32.2 Å². The normalized spacial score (nSPS) is 14.3. The highest BCUT2D eigenvalue weighted by Crippen LogP contribution is 2.25. The summed E-state index contributed by atoms with van der Waals surface area (Å²) in [6, 6.07) is 7.48. The maximum atomic E-state index is 12.5. The molecule has 0 heterocycles. The number of hydrogen-bond donors (Lipinski definition) is 2. The predicted molar refractivity (Wildman–Crippen MR) is 112 cm³/mol. The number of rotatable bonds is 10. The monoisotopic (exact) mass is 482 g/mol. The van der Waals surface area contributed by atoms with E-state index in [0.29, 0.717) is 11.5 Å². The minimum Gasteiger partial charge on any atom is -0.434 e. The van der Waals surface area contributed by atoms with Gasteiger partial charge in [-0.25, -0.2) is 4.99 Å². The van der Waals surface area contributed by atoms with Gasteiger partial charge in [0.15, 0.2) is 5.96 Å². The molecule has 1 aliphatic carbocycles. The molecular formula is C18H29F2IN4O. The zero-order valence-corrected chi connectivity index (χ0v) is 17.7. The molecule has 0 atom stereocenters. The van der Waals surface area contributed by atoms with Crippen LogP contribution >= 0.6 is 24.0 Å². The molecule has 1 saturated carbocycles. The largest absolute Gasteiger partial charge is 0.434 e. The first-order chi connectivity index (χ1) is 12.1. The molecule has 1 fully saturated rings. The smallest absolute Gasteiger partial charge is 0.387 e. The second-order valence-corrected chi connectivity index (χ2v) is 5.97. The van der Waals surface area contributed by atoms with Gasteiger partial charge in [-0.05, 0) is 32.4 Å². The fraction of sp³-hybridized carbons (Fsp3) is 0.611. The Labute approximate surface area is 171 Å². The molecule has 2 rings (SSSR count). The van der Waals surface area contributed by atoms with Crippen molar-refractivity contribution in [3.05, 3.63) is 29.8 Å². The minimum atomic E-state index is -2.83. The summed E-state index contributed by atoms with van der Waals surface area (Å²) in [6.45, 7) is 5.17. The standard InChI is InChI=1S/C18H28F2N4O.HI/c1-3-21-18(22-11-12-24(4-2)15-9-10-15)23-13-14-7-5-6-8-16(14)25-17(19)20;/h5-8,15,17H,3-4,9-13H2,1-2H3,(H2,21,22,23);1H. The van der Waals surface area contributed by atoms with Gasteiger partial charge in [0, 0.05) is 31.2 Å². The summed E-state index contributed by atoms with van der Waals surface area (Å²) < 4.78 is 29.5. The lowest BCUT2D eigenvalue weighted by atomic mass is 10.2. The van der Waals surface area contributed by atoms with Crippen LogP contribution in [0, 0.1) is 0 Å². The molecule has 0 bridgehead atoms. The number of hydrogen-bond acceptors (Lipinski definition) is 3. The van der Waals surface area contributed by atoms with Gasteiger partial charge in [0.05, 0.1) is 6.54 Å². The lowest BCUT2D eigenvalue weighted by Gasteiger charge is -2.20. The molecule has 1 aromatic rings. The highest BCUT2D eigenvalue weighted by Gasteiger charge is 2.27. The summed E-state index contributed by atoms with van der Waals surface area (Å²) in [6.07, 6.45) is 2.59. The van der Waals surface area contributed by atoms with E-state index < -0.39 is 6.61 Å². The second-order valence-electron chi connectivity index (χ2n) is 5.97. The van der Waals surface area contributed by atoms with Crippen LogP contribution in [0.4, 0.5) is 8.78 Å². The summed E-state index contributed by atoms with van der Waals surface area (Å²) in [5.74, 6) is 0.851. The van der Waals surface area contributed by atoms with Gasteiger partial charge in [-0.2, -0.15) is 8.78 Å². The Morgan fingerprint density at radius 2 is 2.00 bits per heavy atom. The minimum absolute atomic E-state index is 0. The number of benzene rings is 1. The molecule has 8 heteroatoms. The topological polar surface area (TPSA) is 48.9 Å². The van der Waals surface area contributed by atoms with Crippen LogP contribution in [-0.4, -0.2) is 49.7 Å². The van der Waals surface area contributed by atoms with E-state index in [1.165, 1.54) is 18.9 Å². The zero-order valence-electron chi connectivity index (χ0n) is 15.4. The maximum Gasteiger partial charge on any atom is 0.387 e.